The van der Waals surface area contributed by atoms with Crippen molar-refractivity contribution in [2.45, 2.75) is 0 Å². The molecule has 1 rings (SSSR count). The van der Waals surface area contributed by atoms with Crippen LogP contribution in [0.25, 0.3) is 0 Å². The Morgan fingerprint density at radius 1 is 1.57 bits per heavy atom. The first kappa shape index (κ1) is 11.1. The number of benzene rings is 1. The molecule has 7 heteroatoms. The molecule has 0 aliphatic rings. The predicted octanol–water partition coefficient (Wildman–Crippen LogP) is 2.88. The Bertz CT molecular complexity index is 424. The lowest BCUT2D eigenvalue weighted by atomic mass is 10.2. The van der Waals surface area contributed by atoms with Gasteiger partial charge in [-0.2, -0.15) is 4.39 Å². The van der Waals surface area contributed by atoms with Crippen LogP contribution >= 0.6 is 27.5 Å². The summed E-state index contributed by atoms with van der Waals surface area (Å²) < 4.78 is 13.2. The number of nitrogens with zero attached hydrogens (tertiary/aromatic N) is 1. The van der Waals surface area contributed by atoms with Crippen molar-refractivity contribution in [2.75, 3.05) is 0 Å². The van der Waals surface area contributed by atoms with Crippen molar-refractivity contribution in [3.8, 4) is 0 Å². The minimum Gasteiger partial charge on any atom is -0.275 e. The SMILES string of the molecule is O=C(Cl)c1ccc(Br)c([N+](=O)[O-])c1F. The van der Waals surface area contributed by atoms with E-state index in [0.29, 0.717) is 0 Å². The van der Waals surface area contributed by atoms with Crippen LogP contribution in [0.2, 0.25) is 0 Å². The van der Waals surface area contributed by atoms with Crippen LogP contribution < -0.4 is 0 Å². The van der Waals surface area contributed by atoms with Gasteiger partial charge in [0.2, 0.25) is 5.82 Å². The van der Waals surface area contributed by atoms with Gasteiger partial charge in [0, 0.05) is 0 Å². The Labute approximate surface area is 90.9 Å². The van der Waals surface area contributed by atoms with Gasteiger partial charge in [-0.05, 0) is 39.7 Å². The third-order valence-electron chi connectivity index (χ3n) is 1.46. The highest BCUT2D eigenvalue weighted by Gasteiger charge is 2.24. The highest BCUT2D eigenvalue weighted by Crippen LogP contribution is 2.30. The zero-order valence-corrected chi connectivity index (χ0v) is 8.80. The van der Waals surface area contributed by atoms with Gasteiger partial charge >= 0.3 is 5.69 Å². The molecule has 0 saturated carbocycles. The zero-order chi connectivity index (χ0) is 10.9. The lowest BCUT2D eigenvalue weighted by Gasteiger charge is -1.99. The number of carbonyl (C=O) groups excluding carboxylic acids is 1. The molecule has 0 N–H and O–H groups in total. The molecule has 0 radical (unpaired) electrons. The molecule has 1 aromatic carbocycles. The fraction of sp³-hybridized carbons (Fsp3) is 0. The molecule has 0 fully saturated rings. The summed E-state index contributed by atoms with van der Waals surface area (Å²) in [5.41, 5.74) is -1.31. The molecule has 0 aliphatic carbocycles. The first-order chi connectivity index (χ1) is 6.45. The molecule has 0 unspecified atom stereocenters. The van der Waals surface area contributed by atoms with Crippen LogP contribution in [-0.4, -0.2) is 10.2 Å². The summed E-state index contributed by atoms with van der Waals surface area (Å²) in [6, 6.07) is 2.26. The second kappa shape index (κ2) is 4.02. The average Bonchev–Trinajstić information content (AvgIpc) is 2.02. The number of rotatable bonds is 2. The molecule has 4 nitrogen and oxygen atoms in total. The third-order valence-corrected chi connectivity index (χ3v) is 2.30. The largest absolute Gasteiger partial charge is 0.319 e. The molecule has 0 atom stereocenters. The van der Waals surface area contributed by atoms with Gasteiger partial charge in [-0.25, -0.2) is 0 Å². The van der Waals surface area contributed by atoms with Crippen LogP contribution in [0.3, 0.4) is 0 Å². The summed E-state index contributed by atoms with van der Waals surface area (Å²) in [7, 11) is 0. The summed E-state index contributed by atoms with van der Waals surface area (Å²) in [6.07, 6.45) is 0. The molecule has 0 heterocycles. The summed E-state index contributed by atoms with van der Waals surface area (Å²) in [4.78, 5) is 20.1. The lowest BCUT2D eigenvalue weighted by molar-refractivity contribution is -0.388. The van der Waals surface area contributed by atoms with Gasteiger partial charge in [-0.1, -0.05) is 0 Å². The summed E-state index contributed by atoms with van der Waals surface area (Å²) in [5.74, 6) is -1.23. The maximum atomic E-state index is 13.3. The van der Waals surface area contributed by atoms with E-state index >= 15 is 0 Å². The van der Waals surface area contributed by atoms with Crippen molar-refractivity contribution in [3.05, 3.63) is 38.1 Å². The van der Waals surface area contributed by atoms with E-state index in [-0.39, 0.29) is 4.47 Å². The van der Waals surface area contributed by atoms with Crippen molar-refractivity contribution >= 4 is 38.5 Å². The molecule has 1 aromatic rings. The molecule has 0 saturated heterocycles. The Morgan fingerprint density at radius 3 is 2.57 bits per heavy atom. The van der Waals surface area contributed by atoms with Gasteiger partial charge in [0.15, 0.2) is 0 Å². The van der Waals surface area contributed by atoms with E-state index in [2.05, 4.69) is 15.9 Å². The minimum atomic E-state index is -1.23. The van der Waals surface area contributed by atoms with Crippen LogP contribution in [0.4, 0.5) is 10.1 Å². The van der Waals surface area contributed by atoms with Gasteiger partial charge in [-0.15, -0.1) is 0 Å². The average molecular weight is 282 g/mol. The molecular weight excluding hydrogens is 280 g/mol. The van der Waals surface area contributed by atoms with Crippen molar-refractivity contribution in [2.24, 2.45) is 0 Å². The molecule has 0 amide bonds. The normalized spacial score (nSPS) is 9.93. The van der Waals surface area contributed by atoms with E-state index in [1.165, 1.54) is 6.07 Å². The topological polar surface area (TPSA) is 60.2 Å². The van der Waals surface area contributed by atoms with Crippen molar-refractivity contribution in [1.29, 1.82) is 0 Å². The van der Waals surface area contributed by atoms with E-state index < -0.39 is 27.2 Å². The van der Waals surface area contributed by atoms with E-state index in [4.69, 9.17) is 11.6 Å². The molecule has 74 valence electrons. The number of nitro groups is 1. The standard InChI is InChI=1S/C7H2BrClFNO3/c8-4-2-1-3(7(9)12)5(10)6(4)11(13)14/h1-2H. The van der Waals surface area contributed by atoms with Crippen LogP contribution in [0.1, 0.15) is 10.4 Å². The van der Waals surface area contributed by atoms with E-state index in [0.717, 1.165) is 6.07 Å². The fourth-order valence-electron chi connectivity index (χ4n) is 0.860. The second-order valence-electron chi connectivity index (χ2n) is 2.29. The molecule has 0 bridgehead atoms. The molecule has 0 aliphatic heterocycles. The minimum absolute atomic E-state index is 0.0401. The first-order valence-electron chi connectivity index (χ1n) is 3.27. The molecule has 14 heavy (non-hydrogen) atoms. The van der Waals surface area contributed by atoms with Crippen molar-refractivity contribution in [3.63, 3.8) is 0 Å². The maximum absolute atomic E-state index is 13.3. The van der Waals surface area contributed by atoms with E-state index in [1.54, 1.807) is 0 Å². The third kappa shape index (κ3) is 1.91. The Morgan fingerprint density at radius 2 is 2.14 bits per heavy atom. The zero-order valence-electron chi connectivity index (χ0n) is 6.46. The molecule has 0 spiro atoms. The predicted molar refractivity (Wildman–Crippen MR) is 50.9 cm³/mol. The van der Waals surface area contributed by atoms with Gasteiger partial charge in [0.1, 0.15) is 0 Å². The van der Waals surface area contributed by atoms with Crippen LogP contribution in [0.15, 0.2) is 16.6 Å². The van der Waals surface area contributed by atoms with E-state index in [1.807, 2.05) is 0 Å². The van der Waals surface area contributed by atoms with Crippen LogP contribution in [0.5, 0.6) is 0 Å². The number of hydrogen-bond acceptors (Lipinski definition) is 3. The highest BCUT2D eigenvalue weighted by atomic mass is 79.9. The van der Waals surface area contributed by atoms with Gasteiger partial charge in [0.25, 0.3) is 5.24 Å². The van der Waals surface area contributed by atoms with E-state index in [9.17, 15) is 19.3 Å². The highest BCUT2D eigenvalue weighted by molar-refractivity contribution is 9.10. The van der Waals surface area contributed by atoms with Crippen LogP contribution in [-0.2, 0) is 0 Å². The maximum Gasteiger partial charge on any atom is 0.319 e. The Balaban J connectivity index is 3.49. The second-order valence-corrected chi connectivity index (χ2v) is 3.49. The van der Waals surface area contributed by atoms with Crippen molar-refractivity contribution < 1.29 is 14.1 Å². The smallest absolute Gasteiger partial charge is 0.275 e. The Hall–Kier alpha value is -1.01. The number of hydrogen-bond donors (Lipinski definition) is 0. The van der Waals surface area contributed by atoms with Crippen molar-refractivity contribution in [1.82, 2.24) is 0 Å². The lowest BCUT2D eigenvalue weighted by Crippen LogP contribution is -2.00. The van der Waals surface area contributed by atoms with Gasteiger partial charge in [0.05, 0.1) is 15.0 Å². The number of carbonyl (C=O) groups is 1. The summed E-state index contributed by atoms with van der Waals surface area (Å²) in [6.45, 7) is 0. The van der Waals surface area contributed by atoms with Gasteiger partial charge < -0.3 is 0 Å². The number of nitro benzene ring substituents is 1. The first-order valence-corrected chi connectivity index (χ1v) is 4.44. The number of halogens is 3. The summed E-state index contributed by atoms with van der Waals surface area (Å²) >= 11 is 7.82. The van der Waals surface area contributed by atoms with Crippen LogP contribution in [0, 0.1) is 15.9 Å². The monoisotopic (exact) mass is 281 g/mol. The quantitative estimate of drug-likeness (QED) is 0.476. The molecular formula is C7H2BrClFNO3. The van der Waals surface area contributed by atoms with Gasteiger partial charge in [-0.3, -0.25) is 14.9 Å². The summed E-state index contributed by atoms with van der Waals surface area (Å²) in [5, 5.41) is 9.33. The Kier molecular flexibility index (Phi) is 3.17. The molecule has 0 aromatic heterocycles. The fourth-order valence-corrected chi connectivity index (χ4v) is 1.46.